The lowest BCUT2D eigenvalue weighted by atomic mass is 9.96. The molecular formula is C15H26N2O3S. The summed E-state index contributed by atoms with van der Waals surface area (Å²) in [5.74, 6) is 1.82. The molecule has 120 valence electrons. The minimum absolute atomic E-state index is 0.324. The molecule has 1 N–H and O–H groups in total. The van der Waals surface area contributed by atoms with E-state index in [2.05, 4.69) is 12.2 Å². The maximum Gasteiger partial charge on any atom is 0.246 e. The third kappa shape index (κ3) is 3.67. The van der Waals surface area contributed by atoms with Crippen LogP contribution in [0.5, 0.6) is 0 Å². The first-order chi connectivity index (χ1) is 9.98. The second-order valence-corrected chi connectivity index (χ2v) is 7.58. The number of nitrogens with zero attached hydrogens (tertiary/aromatic N) is 1. The number of nitrogens with one attached hydrogen (secondary N) is 1. The Morgan fingerprint density at radius 2 is 2.00 bits per heavy atom. The van der Waals surface area contributed by atoms with E-state index >= 15 is 0 Å². The largest absolute Gasteiger partial charge is 0.464 e. The van der Waals surface area contributed by atoms with Crippen molar-refractivity contribution >= 4 is 10.0 Å². The maximum atomic E-state index is 12.7. The van der Waals surface area contributed by atoms with E-state index in [4.69, 9.17) is 4.42 Å². The van der Waals surface area contributed by atoms with Gasteiger partial charge in [0.2, 0.25) is 10.0 Å². The van der Waals surface area contributed by atoms with Crippen LogP contribution >= 0.6 is 0 Å². The number of rotatable bonds is 6. The fourth-order valence-corrected chi connectivity index (χ4v) is 4.47. The molecule has 2 heterocycles. The van der Waals surface area contributed by atoms with Crippen LogP contribution in [-0.4, -0.2) is 32.4 Å². The molecule has 0 amide bonds. The van der Waals surface area contributed by atoms with Crippen molar-refractivity contribution in [2.24, 2.45) is 5.92 Å². The molecule has 0 bridgehead atoms. The van der Waals surface area contributed by atoms with Crippen LogP contribution in [0.4, 0.5) is 0 Å². The molecule has 2 rings (SSSR count). The van der Waals surface area contributed by atoms with Crippen LogP contribution in [0.1, 0.15) is 44.6 Å². The Kier molecular flexibility index (Phi) is 5.46. The topological polar surface area (TPSA) is 62.6 Å². The number of furan rings is 1. The van der Waals surface area contributed by atoms with Gasteiger partial charge in [-0.1, -0.05) is 20.3 Å². The lowest BCUT2D eigenvalue weighted by molar-refractivity contribution is 0.268. The number of hydrogen-bond donors (Lipinski definition) is 1. The number of hydrogen-bond acceptors (Lipinski definition) is 4. The molecule has 0 aliphatic carbocycles. The van der Waals surface area contributed by atoms with Crippen LogP contribution in [0, 0.1) is 12.8 Å². The first-order valence-corrected chi connectivity index (χ1v) is 9.23. The summed E-state index contributed by atoms with van der Waals surface area (Å²) in [6.45, 7) is 8.52. The lowest BCUT2D eigenvalue weighted by Gasteiger charge is -2.30. The molecule has 1 aliphatic rings. The van der Waals surface area contributed by atoms with E-state index in [0.717, 1.165) is 25.8 Å². The summed E-state index contributed by atoms with van der Waals surface area (Å²) in [4.78, 5) is 0.324. The summed E-state index contributed by atoms with van der Waals surface area (Å²) in [6.07, 6.45) is 3.04. The summed E-state index contributed by atoms with van der Waals surface area (Å²) < 4.78 is 32.6. The second kappa shape index (κ2) is 6.94. The summed E-state index contributed by atoms with van der Waals surface area (Å²) in [5.41, 5.74) is 0. The van der Waals surface area contributed by atoms with Crippen molar-refractivity contribution in [3.63, 3.8) is 0 Å². The van der Waals surface area contributed by atoms with Gasteiger partial charge in [0.15, 0.2) is 0 Å². The van der Waals surface area contributed by atoms with Gasteiger partial charge in [-0.15, -0.1) is 0 Å². The average Bonchev–Trinajstić information content (AvgIpc) is 2.87. The SMILES string of the molecule is CCNCc1cc(S(=O)(=O)N2CCC(CC)CC2)c(C)o1. The summed E-state index contributed by atoms with van der Waals surface area (Å²) in [5, 5.41) is 3.15. The van der Waals surface area contributed by atoms with Crippen molar-refractivity contribution < 1.29 is 12.8 Å². The van der Waals surface area contributed by atoms with Gasteiger partial charge in [0, 0.05) is 19.2 Å². The van der Waals surface area contributed by atoms with Gasteiger partial charge < -0.3 is 9.73 Å². The van der Waals surface area contributed by atoms with Crippen molar-refractivity contribution in [3.05, 3.63) is 17.6 Å². The first-order valence-electron chi connectivity index (χ1n) is 7.79. The minimum atomic E-state index is -3.42. The Morgan fingerprint density at radius 3 is 2.57 bits per heavy atom. The molecule has 1 aromatic rings. The summed E-state index contributed by atoms with van der Waals surface area (Å²) >= 11 is 0. The molecule has 0 spiro atoms. The van der Waals surface area contributed by atoms with Crippen LogP contribution in [0.3, 0.4) is 0 Å². The second-order valence-electron chi connectivity index (χ2n) is 5.67. The van der Waals surface area contributed by atoms with Gasteiger partial charge in [-0.05, 0) is 32.2 Å². The summed E-state index contributed by atoms with van der Waals surface area (Å²) in [7, 11) is -3.42. The quantitative estimate of drug-likeness (QED) is 0.876. The van der Waals surface area contributed by atoms with E-state index in [-0.39, 0.29) is 0 Å². The highest BCUT2D eigenvalue weighted by molar-refractivity contribution is 7.89. The van der Waals surface area contributed by atoms with Gasteiger partial charge in [0.25, 0.3) is 0 Å². The van der Waals surface area contributed by atoms with Gasteiger partial charge >= 0.3 is 0 Å². The molecule has 21 heavy (non-hydrogen) atoms. The molecule has 1 saturated heterocycles. The molecule has 1 aromatic heterocycles. The molecule has 0 radical (unpaired) electrons. The zero-order valence-electron chi connectivity index (χ0n) is 13.2. The van der Waals surface area contributed by atoms with Crippen molar-refractivity contribution in [1.29, 1.82) is 0 Å². The van der Waals surface area contributed by atoms with Gasteiger partial charge in [-0.3, -0.25) is 0 Å². The van der Waals surface area contributed by atoms with E-state index in [9.17, 15) is 8.42 Å². The molecular weight excluding hydrogens is 288 g/mol. The Bertz CT molecular complexity index is 557. The van der Waals surface area contributed by atoms with Crippen LogP contribution in [0.15, 0.2) is 15.4 Å². The average molecular weight is 314 g/mol. The van der Waals surface area contributed by atoms with Crippen LogP contribution < -0.4 is 5.32 Å². The van der Waals surface area contributed by atoms with Gasteiger partial charge in [0.05, 0.1) is 6.54 Å². The molecule has 6 heteroatoms. The third-order valence-electron chi connectivity index (χ3n) is 4.24. The van der Waals surface area contributed by atoms with E-state index in [1.807, 2.05) is 6.92 Å². The monoisotopic (exact) mass is 314 g/mol. The highest BCUT2D eigenvalue weighted by Gasteiger charge is 2.31. The fraction of sp³-hybridized carbons (Fsp3) is 0.733. The number of piperidine rings is 1. The number of sulfonamides is 1. The predicted octanol–water partition coefficient (Wildman–Crippen LogP) is 2.51. The predicted molar refractivity (Wildman–Crippen MR) is 82.6 cm³/mol. The zero-order chi connectivity index (χ0) is 15.5. The van der Waals surface area contributed by atoms with Gasteiger partial charge in [0.1, 0.15) is 16.4 Å². The van der Waals surface area contributed by atoms with Crippen LogP contribution in [0.25, 0.3) is 0 Å². The maximum absolute atomic E-state index is 12.7. The Hall–Kier alpha value is -0.850. The molecule has 0 saturated carbocycles. The minimum Gasteiger partial charge on any atom is -0.464 e. The molecule has 1 fully saturated rings. The Morgan fingerprint density at radius 1 is 1.33 bits per heavy atom. The zero-order valence-corrected chi connectivity index (χ0v) is 14.0. The molecule has 0 atom stereocenters. The molecule has 0 aromatic carbocycles. The Labute approximate surface area is 127 Å². The van der Waals surface area contributed by atoms with Crippen LogP contribution in [0.2, 0.25) is 0 Å². The molecule has 0 unspecified atom stereocenters. The highest BCUT2D eigenvalue weighted by atomic mass is 32.2. The fourth-order valence-electron chi connectivity index (χ4n) is 2.81. The smallest absolute Gasteiger partial charge is 0.246 e. The van der Waals surface area contributed by atoms with E-state index in [0.29, 0.717) is 42.0 Å². The third-order valence-corrected chi connectivity index (χ3v) is 6.25. The van der Waals surface area contributed by atoms with E-state index in [1.165, 1.54) is 0 Å². The van der Waals surface area contributed by atoms with Gasteiger partial charge in [-0.2, -0.15) is 4.31 Å². The van der Waals surface area contributed by atoms with E-state index < -0.39 is 10.0 Å². The van der Waals surface area contributed by atoms with Crippen molar-refractivity contribution in [3.8, 4) is 0 Å². The summed E-state index contributed by atoms with van der Waals surface area (Å²) in [6, 6.07) is 1.67. The highest BCUT2D eigenvalue weighted by Crippen LogP contribution is 2.28. The van der Waals surface area contributed by atoms with Gasteiger partial charge in [-0.25, -0.2) is 8.42 Å². The Balaban J connectivity index is 2.14. The standard InChI is InChI=1S/C15H26N2O3S/c1-4-13-6-8-17(9-7-13)21(18,19)15-10-14(11-16-5-2)20-12(15)3/h10,13,16H,4-9,11H2,1-3H3. The van der Waals surface area contributed by atoms with Crippen molar-refractivity contribution in [1.82, 2.24) is 9.62 Å². The molecule has 1 aliphatic heterocycles. The first kappa shape index (κ1) is 16.5. The number of aryl methyl sites for hydroxylation is 1. The normalized spacial score (nSPS) is 18.2. The van der Waals surface area contributed by atoms with Crippen molar-refractivity contribution in [2.75, 3.05) is 19.6 Å². The lowest BCUT2D eigenvalue weighted by Crippen LogP contribution is -2.38. The van der Waals surface area contributed by atoms with Crippen LogP contribution in [-0.2, 0) is 16.6 Å². The molecule has 5 nitrogen and oxygen atoms in total. The van der Waals surface area contributed by atoms with Crippen molar-refractivity contribution in [2.45, 2.75) is 51.5 Å². The van der Waals surface area contributed by atoms with E-state index in [1.54, 1.807) is 17.3 Å².